The molecule has 24 heavy (non-hydrogen) atoms. The molecule has 0 aliphatic carbocycles. The van der Waals surface area contributed by atoms with E-state index in [9.17, 15) is 8.42 Å². The Morgan fingerprint density at radius 2 is 1.71 bits per heavy atom. The van der Waals surface area contributed by atoms with E-state index in [-0.39, 0.29) is 5.75 Å². The molecule has 0 atom stereocenters. The third-order valence-electron chi connectivity index (χ3n) is 3.33. The smallest absolute Gasteiger partial charge is 0.179 e. The summed E-state index contributed by atoms with van der Waals surface area (Å²) in [6, 6.07) is 12.4. The molecule has 0 spiro atoms. The zero-order valence-electron chi connectivity index (χ0n) is 13.3. The van der Waals surface area contributed by atoms with Gasteiger partial charge < -0.3 is 10.1 Å². The number of sulfone groups is 1. The molecule has 0 saturated heterocycles. The fourth-order valence-electron chi connectivity index (χ4n) is 2.18. The fourth-order valence-corrected chi connectivity index (χ4v) is 4.91. The highest BCUT2D eigenvalue weighted by Gasteiger charge is 2.13. The summed E-state index contributed by atoms with van der Waals surface area (Å²) in [5, 5.41) is 3.17. The van der Waals surface area contributed by atoms with Gasteiger partial charge in [-0.05, 0) is 68.6 Å². The van der Waals surface area contributed by atoms with E-state index >= 15 is 0 Å². The topological polar surface area (TPSA) is 55.4 Å². The SMILES string of the molecule is CCOc1c(Br)cc(CNCCS(=O)(=O)c2ccccc2)cc1Br. The highest BCUT2D eigenvalue weighted by Crippen LogP contribution is 2.34. The second kappa shape index (κ2) is 8.99. The van der Waals surface area contributed by atoms with E-state index < -0.39 is 9.84 Å². The Morgan fingerprint density at radius 3 is 2.29 bits per heavy atom. The van der Waals surface area contributed by atoms with Crippen molar-refractivity contribution in [2.45, 2.75) is 18.4 Å². The van der Waals surface area contributed by atoms with Gasteiger partial charge in [0.15, 0.2) is 9.84 Å². The minimum Gasteiger partial charge on any atom is -0.492 e. The minimum absolute atomic E-state index is 0.0659. The lowest BCUT2D eigenvalue weighted by molar-refractivity contribution is 0.336. The van der Waals surface area contributed by atoms with E-state index in [1.807, 2.05) is 19.1 Å². The Kier molecular flexibility index (Phi) is 7.28. The average molecular weight is 477 g/mol. The van der Waals surface area contributed by atoms with Gasteiger partial charge in [0.1, 0.15) is 5.75 Å². The molecule has 130 valence electrons. The first-order valence-corrected chi connectivity index (χ1v) is 10.8. The van der Waals surface area contributed by atoms with Gasteiger partial charge in [0.2, 0.25) is 0 Å². The summed E-state index contributed by atoms with van der Waals surface area (Å²) in [5.41, 5.74) is 1.04. The lowest BCUT2D eigenvalue weighted by atomic mass is 10.2. The quantitative estimate of drug-likeness (QED) is 0.581. The van der Waals surface area contributed by atoms with Crippen LogP contribution in [0.1, 0.15) is 12.5 Å². The third kappa shape index (κ3) is 5.31. The van der Waals surface area contributed by atoms with Crippen LogP contribution in [0.25, 0.3) is 0 Å². The van der Waals surface area contributed by atoms with Crippen molar-refractivity contribution in [3.63, 3.8) is 0 Å². The van der Waals surface area contributed by atoms with Gasteiger partial charge in [-0.3, -0.25) is 0 Å². The Morgan fingerprint density at radius 1 is 1.08 bits per heavy atom. The number of ether oxygens (including phenoxy) is 1. The lowest BCUT2D eigenvalue weighted by Gasteiger charge is -2.11. The molecule has 2 aromatic rings. The third-order valence-corrected chi connectivity index (χ3v) is 6.24. The van der Waals surface area contributed by atoms with Crippen LogP contribution in [0.4, 0.5) is 0 Å². The van der Waals surface area contributed by atoms with Crippen LogP contribution in [0.15, 0.2) is 56.3 Å². The van der Waals surface area contributed by atoms with Crippen LogP contribution in [0.3, 0.4) is 0 Å². The normalized spacial score (nSPS) is 11.5. The predicted molar refractivity (Wildman–Crippen MR) is 103 cm³/mol. The van der Waals surface area contributed by atoms with Gasteiger partial charge in [0.25, 0.3) is 0 Å². The van der Waals surface area contributed by atoms with Gasteiger partial charge in [-0.25, -0.2) is 8.42 Å². The van der Waals surface area contributed by atoms with Crippen molar-refractivity contribution in [3.8, 4) is 5.75 Å². The molecule has 2 rings (SSSR count). The molecular weight excluding hydrogens is 458 g/mol. The molecule has 0 aliphatic rings. The van der Waals surface area contributed by atoms with Crippen molar-refractivity contribution >= 4 is 41.7 Å². The van der Waals surface area contributed by atoms with Crippen LogP contribution in [0, 0.1) is 0 Å². The molecule has 7 heteroatoms. The molecule has 0 bridgehead atoms. The number of hydrogen-bond donors (Lipinski definition) is 1. The van der Waals surface area contributed by atoms with Crippen LogP contribution in [-0.4, -0.2) is 27.3 Å². The number of rotatable bonds is 8. The van der Waals surface area contributed by atoms with E-state index in [0.29, 0.717) is 24.6 Å². The molecular formula is C17H19Br2NO3S. The summed E-state index contributed by atoms with van der Waals surface area (Å²) < 4.78 is 31.7. The molecule has 0 amide bonds. The van der Waals surface area contributed by atoms with Gasteiger partial charge in [-0.1, -0.05) is 18.2 Å². The van der Waals surface area contributed by atoms with E-state index in [1.54, 1.807) is 30.3 Å². The second-order valence-electron chi connectivity index (χ2n) is 5.13. The molecule has 0 radical (unpaired) electrons. The van der Waals surface area contributed by atoms with E-state index in [2.05, 4.69) is 37.2 Å². The molecule has 0 fully saturated rings. The molecule has 0 aliphatic heterocycles. The first-order chi connectivity index (χ1) is 11.4. The predicted octanol–water partition coefficient (Wildman–Crippen LogP) is 4.17. The van der Waals surface area contributed by atoms with Crippen molar-refractivity contribution in [1.82, 2.24) is 5.32 Å². The molecule has 2 aromatic carbocycles. The second-order valence-corrected chi connectivity index (χ2v) is 8.95. The van der Waals surface area contributed by atoms with Crippen LogP contribution in [-0.2, 0) is 16.4 Å². The number of halogens is 2. The molecule has 0 aromatic heterocycles. The summed E-state index contributed by atoms with van der Waals surface area (Å²) in [6.07, 6.45) is 0. The highest BCUT2D eigenvalue weighted by molar-refractivity contribution is 9.11. The maximum absolute atomic E-state index is 12.2. The van der Waals surface area contributed by atoms with E-state index in [4.69, 9.17) is 4.74 Å². The van der Waals surface area contributed by atoms with Gasteiger partial charge in [0.05, 0.1) is 26.2 Å². The van der Waals surface area contributed by atoms with Crippen LogP contribution >= 0.6 is 31.9 Å². The number of hydrogen-bond acceptors (Lipinski definition) is 4. The Hall–Kier alpha value is -0.890. The first-order valence-electron chi connectivity index (χ1n) is 7.53. The van der Waals surface area contributed by atoms with E-state index in [0.717, 1.165) is 20.3 Å². The Balaban J connectivity index is 1.91. The summed E-state index contributed by atoms with van der Waals surface area (Å²) >= 11 is 6.98. The molecule has 4 nitrogen and oxygen atoms in total. The van der Waals surface area contributed by atoms with Crippen molar-refractivity contribution in [1.29, 1.82) is 0 Å². The maximum atomic E-state index is 12.2. The average Bonchev–Trinajstić information content (AvgIpc) is 2.56. The zero-order valence-corrected chi connectivity index (χ0v) is 17.2. The van der Waals surface area contributed by atoms with Gasteiger partial charge in [-0.2, -0.15) is 0 Å². The van der Waals surface area contributed by atoms with Crippen molar-refractivity contribution in [2.24, 2.45) is 0 Å². The molecule has 0 heterocycles. The summed E-state index contributed by atoms with van der Waals surface area (Å²) in [5.74, 6) is 0.837. The van der Waals surface area contributed by atoms with Crippen molar-refractivity contribution in [2.75, 3.05) is 18.9 Å². The summed E-state index contributed by atoms with van der Waals surface area (Å²) in [7, 11) is -3.25. The van der Waals surface area contributed by atoms with Gasteiger partial charge in [0, 0.05) is 13.1 Å². The van der Waals surface area contributed by atoms with Crippen LogP contribution in [0.5, 0.6) is 5.75 Å². The molecule has 1 N–H and O–H groups in total. The summed E-state index contributed by atoms with van der Waals surface area (Å²) in [6.45, 7) is 3.49. The van der Waals surface area contributed by atoms with Crippen LogP contribution < -0.4 is 10.1 Å². The van der Waals surface area contributed by atoms with Gasteiger partial charge >= 0.3 is 0 Å². The number of nitrogens with one attached hydrogen (secondary N) is 1. The largest absolute Gasteiger partial charge is 0.492 e. The van der Waals surface area contributed by atoms with E-state index in [1.165, 1.54) is 0 Å². The Labute approximate surface area is 159 Å². The van der Waals surface area contributed by atoms with Gasteiger partial charge in [-0.15, -0.1) is 0 Å². The lowest BCUT2D eigenvalue weighted by Crippen LogP contribution is -2.22. The van der Waals surface area contributed by atoms with Crippen molar-refractivity contribution in [3.05, 3.63) is 57.0 Å². The summed E-state index contributed by atoms with van der Waals surface area (Å²) in [4.78, 5) is 0.360. The monoisotopic (exact) mass is 475 g/mol. The number of benzene rings is 2. The zero-order chi connectivity index (χ0) is 17.6. The molecule has 0 saturated carbocycles. The minimum atomic E-state index is -3.25. The van der Waals surface area contributed by atoms with Crippen molar-refractivity contribution < 1.29 is 13.2 Å². The first kappa shape index (κ1) is 19.4. The Bertz CT molecular complexity index is 757. The molecule has 0 unspecified atom stereocenters. The maximum Gasteiger partial charge on any atom is 0.179 e. The fraction of sp³-hybridized carbons (Fsp3) is 0.294. The standard InChI is InChI=1S/C17H19Br2NO3S/c1-2-23-17-15(18)10-13(11-16(17)19)12-20-8-9-24(21,22)14-6-4-3-5-7-14/h3-7,10-11,20H,2,8-9,12H2,1H3. The van der Waals surface area contributed by atoms with Crippen LogP contribution in [0.2, 0.25) is 0 Å². The highest BCUT2D eigenvalue weighted by atomic mass is 79.9.